The van der Waals surface area contributed by atoms with Gasteiger partial charge < -0.3 is 15.4 Å². The Morgan fingerprint density at radius 3 is 2.31 bits per heavy atom. The summed E-state index contributed by atoms with van der Waals surface area (Å²) in [7, 11) is -2.69. The second-order valence-corrected chi connectivity index (χ2v) is 8.34. The zero-order chi connectivity index (χ0) is 23.3. The molecular formula is C22H20FN3O5S. The third-order valence-electron chi connectivity index (χ3n) is 4.31. The molecule has 0 heterocycles. The predicted octanol–water partition coefficient (Wildman–Crippen LogP) is 3.85. The Hall–Kier alpha value is -3.92. The summed E-state index contributed by atoms with van der Waals surface area (Å²) in [6.45, 7) is 1.33. The first-order valence-corrected chi connectivity index (χ1v) is 10.8. The van der Waals surface area contributed by atoms with Gasteiger partial charge in [-0.2, -0.15) is 0 Å². The van der Waals surface area contributed by atoms with Crippen LogP contribution in [0, 0.1) is 5.82 Å². The van der Waals surface area contributed by atoms with Gasteiger partial charge in [0.25, 0.3) is 15.9 Å². The number of ether oxygens (including phenoxy) is 1. The van der Waals surface area contributed by atoms with Crippen molar-refractivity contribution < 1.29 is 27.1 Å². The number of hydrogen-bond acceptors (Lipinski definition) is 5. The molecule has 0 fully saturated rings. The average molecular weight is 457 g/mol. The van der Waals surface area contributed by atoms with E-state index in [1.54, 1.807) is 12.1 Å². The number of hydrogen-bond donors (Lipinski definition) is 3. The summed E-state index contributed by atoms with van der Waals surface area (Å²) >= 11 is 0. The molecular weight excluding hydrogens is 437 g/mol. The lowest BCUT2D eigenvalue weighted by atomic mass is 10.2. The van der Waals surface area contributed by atoms with E-state index >= 15 is 0 Å². The van der Waals surface area contributed by atoms with Gasteiger partial charge >= 0.3 is 0 Å². The number of halogens is 1. The second kappa shape index (κ2) is 9.48. The van der Waals surface area contributed by atoms with Crippen molar-refractivity contribution in [2.45, 2.75) is 11.8 Å². The number of para-hydroxylation sites is 1. The van der Waals surface area contributed by atoms with Gasteiger partial charge in [0.1, 0.15) is 11.6 Å². The van der Waals surface area contributed by atoms with E-state index in [2.05, 4.69) is 15.4 Å². The molecule has 0 aromatic heterocycles. The Bertz CT molecular complexity index is 1280. The molecule has 0 spiro atoms. The minimum Gasteiger partial charge on any atom is -0.497 e. The highest BCUT2D eigenvalue weighted by molar-refractivity contribution is 7.92. The highest BCUT2D eigenvalue weighted by Gasteiger charge is 2.19. The summed E-state index contributed by atoms with van der Waals surface area (Å²) in [5.41, 5.74) is 0.440. The second-order valence-electron chi connectivity index (χ2n) is 6.66. The van der Waals surface area contributed by atoms with E-state index in [9.17, 15) is 22.4 Å². The van der Waals surface area contributed by atoms with Crippen LogP contribution in [0.25, 0.3) is 0 Å². The minimum absolute atomic E-state index is 0.0398. The topological polar surface area (TPSA) is 114 Å². The van der Waals surface area contributed by atoms with E-state index in [-0.39, 0.29) is 27.7 Å². The summed E-state index contributed by atoms with van der Waals surface area (Å²) in [6.07, 6.45) is 0. The van der Waals surface area contributed by atoms with Crippen LogP contribution in [0.3, 0.4) is 0 Å². The Balaban J connectivity index is 1.87. The maximum Gasteiger partial charge on any atom is 0.262 e. The molecule has 0 saturated heterocycles. The number of methoxy groups -OCH3 is 1. The van der Waals surface area contributed by atoms with Crippen LogP contribution in [0.2, 0.25) is 0 Å². The minimum atomic E-state index is -4.15. The van der Waals surface area contributed by atoms with Crippen molar-refractivity contribution in [2.24, 2.45) is 0 Å². The van der Waals surface area contributed by atoms with E-state index in [1.807, 2.05) is 0 Å². The molecule has 0 bridgehead atoms. The lowest BCUT2D eigenvalue weighted by Gasteiger charge is -2.14. The van der Waals surface area contributed by atoms with Gasteiger partial charge in [-0.3, -0.25) is 14.3 Å². The highest BCUT2D eigenvalue weighted by Crippen LogP contribution is 2.28. The largest absolute Gasteiger partial charge is 0.497 e. The van der Waals surface area contributed by atoms with E-state index in [1.165, 1.54) is 56.5 Å². The van der Waals surface area contributed by atoms with Crippen LogP contribution in [0.1, 0.15) is 17.3 Å². The standard InChI is InChI=1S/C22H20FN3O5S/c1-14(27)24-20-11-10-16(31-2)13-21(20)25-22(28)15-6-5-7-17(12-15)32(29,30)26-19-9-4-3-8-18(19)23/h3-13,26H,1-2H3,(H,24,27)(H,25,28). The van der Waals surface area contributed by atoms with Crippen molar-refractivity contribution in [1.82, 2.24) is 0 Å². The number of sulfonamides is 1. The molecule has 3 aromatic carbocycles. The van der Waals surface area contributed by atoms with Gasteiger partial charge in [-0.1, -0.05) is 18.2 Å². The van der Waals surface area contributed by atoms with E-state index in [0.717, 1.165) is 12.1 Å². The molecule has 3 aromatic rings. The van der Waals surface area contributed by atoms with Gasteiger partial charge in [-0.05, 0) is 42.5 Å². The first-order chi connectivity index (χ1) is 15.2. The SMILES string of the molecule is COc1ccc(NC(C)=O)c(NC(=O)c2cccc(S(=O)(=O)Nc3ccccc3F)c2)c1. The Morgan fingerprint density at radius 1 is 0.875 bits per heavy atom. The van der Waals surface area contributed by atoms with Crippen molar-refractivity contribution in [3.63, 3.8) is 0 Å². The van der Waals surface area contributed by atoms with Crippen LogP contribution < -0.4 is 20.1 Å². The first-order valence-electron chi connectivity index (χ1n) is 9.34. The fraction of sp³-hybridized carbons (Fsp3) is 0.0909. The Kier molecular flexibility index (Phi) is 6.74. The zero-order valence-electron chi connectivity index (χ0n) is 17.2. The maximum absolute atomic E-state index is 13.8. The monoisotopic (exact) mass is 457 g/mol. The summed E-state index contributed by atoms with van der Waals surface area (Å²) in [5.74, 6) is -1.24. The van der Waals surface area contributed by atoms with Gasteiger partial charge in [0.15, 0.2) is 0 Å². The molecule has 0 unspecified atom stereocenters. The average Bonchev–Trinajstić information content (AvgIpc) is 2.76. The molecule has 0 aliphatic carbocycles. The molecule has 2 amide bonds. The van der Waals surface area contributed by atoms with E-state index < -0.39 is 21.7 Å². The molecule has 0 saturated carbocycles. The molecule has 8 nitrogen and oxygen atoms in total. The smallest absolute Gasteiger partial charge is 0.262 e. The molecule has 0 atom stereocenters. The van der Waals surface area contributed by atoms with Gasteiger partial charge in [0.2, 0.25) is 5.91 Å². The lowest BCUT2D eigenvalue weighted by molar-refractivity contribution is -0.114. The number of amides is 2. The summed E-state index contributed by atoms with van der Waals surface area (Å²) in [6, 6.07) is 15.3. The van der Waals surface area contributed by atoms with Crippen molar-refractivity contribution >= 4 is 38.9 Å². The van der Waals surface area contributed by atoms with Crippen LogP contribution in [0.15, 0.2) is 71.6 Å². The summed E-state index contributed by atoms with van der Waals surface area (Å²) < 4.78 is 46.5. The molecule has 3 rings (SSSR count). The van der Waals surface area contributed by atoms with Crippen LogP contribution in [0.5, 0.6) is 5.75 Å². The third-order valence-corrected chi connectivity index (χ3v) is 5.67. The van der Waals surface area contributed by atoms with Crippen LogP contribution in [-0.2, 0) is 14.8 Å². The Labute approximate surface area is 184 Å². The number of carbonyl (C=O) groups excluding carboxylic acids is 2. The molecule has 0 aliphatic rings. The summed E-state index contributed by atoms with van der Waals surface area (Å²) in [4.78, 5) is 24.0. The van der Waals surface area contributed by atoms with Gasteiger partial charge in [-0.15, -0.1) is 0 Å². The van der Waals surface area contributed by atoms with Gasteiger partial charge in [-0.25, -0.2) is 12.8 Å². The first kappa shape index (κ1) is 22.8. The zero-order valence-corrected chi connectivity index (χ0v) is 18.0. The fourth-order valence-corrected chi connectivity index (χ4v) is 3.91. The third kappa shape index (κ3) is 5.41. The van der Waals surface area contributed by atoms with Gasteiger partial charge in [0.05, 0.1) is 29.1 Å². The molecule has 10 heteroatoms. The number of anilines is 3. The number of carbonyl (C=O) groups is 2. The van der Waals surface area contributed by atoms with Crippen molar-refractivity contribution in [3.05, 3.63) is 78.1 Å². The molecule has 0 aliphatic heterocycles. The molecule has 3 N–H and O–H groups in total. The Morgan fingerprint density at radius 2 is 1.62 bits per heavy atom. The molecule has 32 heavy (non-hydrogen) atoms. The molecule has 166 valence electrons. The van der Waals surface area contributed by atoms with Crippen LogP contribution >= 0.6 is 0 Å². The van der Waals surface area contributed by atoms with Crippen LogP contribution in [0.4, 0.5) is 21.5 Å². The van der Waals surface area contributed by atoms with E-state index in [0.29, 0.717) is 11.4 Å². The van der Waals surface area contributed by atoms with Crippen molar-refractivity contribution in [2.75, 3.05) is 22.5 Å². The normalized spacial score (nSPS) is 10.8. The predicted molar refractivity (Wildman–Crippen MR) is 119 cm³/mol. The van der Waals surface area contributed by atoms with Crippen molar-refractivity contribution in [3.8, 4) is 5.75 Å². The highest BCUT2D eigenvalue weighted by atomic mass is 32.2. The quantitative estimate of drug-likeness (QED) is 0.499. The lowest BCUT2D eigenvalue weighted by Crippen LogP contribution is -2.17. The number of benzene rings is 3. The fourth-order valence-electron chi connectivity index (χ4n) is 2.80. The van der Waals surface area contributed by atoms with E-state index in [4.69, 9.17) is 4.74 Å². The van der Waals surface area contributed by atoms with Crippen LogP contribution in [-0.4, -0.2) is 27.3 Å². The van der Waals surface area contributed by atoms with Crippen molar-refractivity contribution in [1.29, 1.82) is 0 Å². The molecule has 0 radical (unpaired) electrons. The summed E-state index contributed by atoms with van der Waals surface area (Å²) in [5, 5.41) is 5.23. The maximum atomic E-state index is 13.8. The number of rotatable bonds is 7. The number of nitrogens with one attached hydrogen (secondary N) is 3. The van der Waals surface area contributed by atoms with Gasteiger partial charge in [0, 0.05) is 18.6 Å².